The summed E-state index contributed by atoms with van der Waals surface area (Å²) >= 11 is 0. The van der Waals surface area contributed by atoms with Crippen molar-refractivity contribution in [3.8, 4) is 0 Å². The highest BCUT2D eigenvalue weighted by atomic mass is 15.2. The lowest BCUT2D eigenvalue weighted by Crippen LogP contribution is -2.31. The zero-order valence-electron chi connectivity index (χ0n) is 9.24. The van der Waals surface area contributed by atoms with Gasteiger partial charge in [0, 0.05) is 24.0 Å². The fourth-order valence-electron chi connectivity index (χ4n) is 2.07. The van der Waals surface area contributed by atoms with Crippen molar-refractivity contribution in [3.63, 3.8) is 0 Å². The first kappa shape index (κ1) is 10.3. The van der Waals surface area contributed by atoms with Gasteiger partial charge in [-0.3, -0.25) is 0 Å². The molecule has 3 nitrogen and oxygen atoms in total. The largest absolute Gasteiger partial charge is 0.399 e. The summed E-state index contributed by atoms with van der Waals surface area (Å²) in [4.78, 5) is 2.42. The van der Waals surface area contributed by atoms with E-state index in [1.807, 2.05) is 24.3 Å². The summed E-state index contributed by atoms with van der Waals surface area (Å²) in [5.41, 5.74) is 7.61. The second-order valence-electron chi connectivity index (χ2n) is 4.28. The average molecular weight is 205 g/mol. The van der Waals surface area contributed by atoms with E-state index in [9.17, 15) is 0 Å². The predicted octanol–water partition coefficient (Wildman–Crippen LogP) is 1.77. The summed E-state index contributed by atoms with van der Waals surface area (Å²) < 4.78 is 0. The lowest BCUT2D eigenvalue weighted by atomic mass is 10.2. The van der Waals surface area contributed by atoms with E-state index in [-0.39, 0.29) is 0 Å². The molecule has 1 fully saturated rings. The Morgan fingerprint density at radius 3 is 2.73 bits per heavy atom. The maximum absolute atomic E-state index is 5.63. The highest BCUT2D eigenvalue weighted by Crippen LogP contribution is 2.16. The lowest BCUT2D eigenvalue weighted by Gasteiger charge is -2.20. The van der Waals surface area contributed by atoms with E-state index < -0.39 is 0 Å². The van der Waals surface area contributed by atoms with Crippen molar-refractivity contribution in [2.45, 2.75) is 18.9 Å². The molecule has 1 atom stereocenters. The number of nitrogens with one attached hydrogen (secondary N) is 1. The van der Waals surface area contributed by atoms with Crippen LogP contribution in [0.15, 0.2) is 24.3 Å². The Bertz CT molecular complexity index is 307. The molecule has 0 aromatic heterocycles. The average Bonchev–Trinajstić information content (AvgIpc) is 2.63. The van der Waals surface area contributed by atoms with Gasteiger partial charge in [-0.15, -0.1) is 0 Å². The third-order valence-electron chi connectivity index (χ3n) is 3.12. The highest BCUT2D eigenvalue weighted by Gasteiger charge is 2.19. The van der Waals surface area contributed by atoms with Crippen LogP contribution in [0.5, 0.6) is 0 Å². The van der Waals surface area contributed by atoms with Crippen LogP contribution in [0.2, 0.25) is 0 Å². The molecule has 1 unspecified atom stereocenters. The maximum atomic E-state index is 5.63. The standard InChI is InChI=1S/C12H19N3/c1-15-8-2-3-12(15)9-14-11-6-4-10(13)5-7-11/h4-7,12,14H,2-3,8-9,13H2,1H3. The monoisotopic (exact) mass is 205 g/mol. The lowest BCUT2D eigenvalue weighted by molar-refractivity contribution is 0.322. The number of nitrogens with zero attached hydrogens (tertiary/aromatic N) is 1. The van der Waals surface area contributed by atoms with E-state index in [0.29, 0.717) is 6.04 Å². The Labute approximate surface area is 91.3 Å². The molecule has 1 aliphatic heterocycles. The molecule has 1 aliphatic rings. The second-order valence-corrected chi connectivity index (χ2v) is 4.28. The van der Waals surface area contributed by atoms with Gasteiger partial charge >= 0.3 is 0 Å². The molecular formula is C12H19N3. The van der Waals surface area contributed by atoms with Gasteiger partial charge < -0.3 is 16.0 Å². The number of benzene rings is 1. The Morgan fingerprint density at radius 2 is 2.13 bits per heavy atom. The first-order valence-corrected chi connectivity index (χ1v) is 5.55. The summed E-state index contributed by atoms with van der Waals surface area (Å²) in [5.74, 6) is 0. The molecule has 0 spiro atoms. The van der Waals surface area contributed by atoms with Gasteiger partial charge in [0.1, 0.15) is 0 Å². The molecule has 0 saturated carbocycles. The van der Waals surface area contributed by atoms with Gasteiger partial charge in [0.15, 0.2) is 0 Å². The van der Waals surface area contributed by atoms with Crippen LogP contribution in [0, 0.1) is 0 Å². The van der Waals surface area contributed by atoms with Gasteiger partial charge in [-0.1, -0.05) is 0 Å². The highest BCUT2D eigenvalue weighted by molar-refractivity contribution is 5.51. The number of hydrogen-bond acceptors (Lipinski definition) is 3. The van der Waals surface area contributed by atoms with Crippen LogP contribution in [0.1, 0.15) is 12.8 Å². The van der Waals surface area contributed by atoms with E-state index in [0.717, 1.165) is 17.9 Å². The van der Waals surface area contributed by atoms with Crippen molar-refractivity contribution in [2.24, 2.45) is 0 Å². The van der Waals surface area contributed by atoms with Crippen LogP contribution in [0.4, 0.5) is 11.4 Å². The number of likely N-dealkylation sites (N-methyl/N-ethyl adjacent to an activating group) is 1. The number of hydrogen-bond donors (Lipinski definition) is 2. The fraction of sp³-hybridized carbons (Fsp3) is 0.500. The summed E-state index contributed by atoms with van der Waals surface area (Å²) in [5, 5.41) is 3.45. The first-order valence-electron chi connectivity index (χ1n) is 5.55. The molecule has 82 valence electrons. The van der Waals surface area contributed by atoms with Crippen molar-refractivity contribution in [1.29, 1.82) is 0 Å². The number of rotatable bonds is 3. The van der Waals surface area contributed by atoms with E-state index in [2.05, 4.69) is 17.3 Å². The van der Waals surface area contributed by atoms with Gasteiger partial charge in [-0.2, -0.15) is 0 Å². The first-order chi connectivity index (χ1) is 7.25. The van der Waals surface area contributed by atoms with Crippen molar-refractivity contribution in [2.75, 3.05) is 31.2 Å². The third kappa shape index (κ3) is 2.63. The smallest absolute Gasteiger partial charge is 0.0342 e. The molecule has 1 heterocycles. The van der Waals surface area contributed by atoms with E-state index >= 15 is 0 Å². The molecule has 0 radical (unpaired) electrons. The van der Waals surface area contributed by atoms with Gasteiger partial charge in [-0.05, 0) is 50.7 Å². The molecule has 1 aromatic rings. The topological polar surface area (TPSA) is 41.3 Å². The van der Waals surface area contributed by atoms with Gasteiger partial charge in [-0.25, -0.2) is 0 Å². The van der Waals surface area contributed by atoms with Gasteiger partial charge in [0.2, 0.25) is 0 Å². The Balaban J connectivity index is 1.85. The van der Waals surface area contributed by atoms with Crippen LogP contribution in [0.25, 0.3) is 0 Å². The molecule has 1 aromatic carbocycles. The number of anilines is 2. The summed E-state index contributed by atoms with van der Waals surface area (Å²) in [7, 11) is 2.20. The van der Waals surface area contributed by atoms with Crippen molar-refractivity contribution < 1.29 is 0 Å². The van der Waals surface area contributed by atoms with Crippen molar-refractivity contribution >= 4 is 11.4 Å². The zero-order chi connectivity index (χ0) is 10.7. The van der Waals surface area contributed by atoms with Gasteiger partial charge in [0.25, 0.3) is 0 Å². The predicted molar refractivity (Wildman–Crippen MR) is 65.0 cm³/mol. The molecule has 3 N–H and O–H groups in total. The minimum atomic E-state index is 0.683. The van der Waals surface area contributed by atoms with Crippen LogP contribution in [-0.4, -0.2) is 31.1 Å². The van der Waals surface area contributed by atoms with Crippen LogP contribution in [0.3, 0.4) is 0 Å². The zero-order valence-corrected chi connectivity index (χ0v) is 9.24. The molecule has 0 aliphatic carbocycles. The number of nitrogen functional groups attached to an aromatic ring is 1. The van der Waals surface area contributed by atoms with E-state index in [1.54, 1.807) is 0 Å². The Hall–Kier alpha value is -1.22. The SMILES string of the molecule is CN1CCCC1CNc1ccc(N)cc1. The Morgan fingerprint density at radius 1 is 1.40 bits per heavy atom. The fourth-order valence-corrected chi connectivity index (χ4v) is 2.07. The molecular weight excluding hydrogens is 186 g/mol. The summed E-state index contributed by atoms with van der Waals surface area (Å²) in [6, 6.07) is 8.61. The maximum Gasteiger partial charge on any atom is 0.0342 e. The molecule has 2 rings (SSSR count). The van der Waals surface area contributed by atoms with E-state index in [4.69, 9.17) is 5.73 Å². The number of likely N-dealkylation sites (tertiary alicyclic amines) is 1. The van der Waals surface area contributed by atoms with Crippen LogP contribution in [-0.2, 0) is 0 Å². The van der Waals surface area contributed by atoms with Crippen LogP contribution < -0.4 is 11.1 Å². The molecule has 0 bridgehead atoms. The van der Waals surface area contributed by atoms with Crippen molar-refractivity contribution in [1.82, 2.24) is 4.90 Å². The quantitative estimate of drug-likeness (QED) is 0.739. The van der Waals surface area contributed by atoms with Crippen molar-refractivity contribution in [3.05, 3.63) is 24.3 Å². The third-order valence-corrected chi connectivity index (χ3v) is 3.12. The van der Waals surface area contributed by atoms with Crippen LogP contribution >= 0.6 is 0 Å². The molecule has 15 heavy (non-hydrogen) atoms. The van der Waals surface area contributed by atoms with Gasteiger partial charge in [0.05, 0.1) is 0 Å². The minimum Gasteiger partial charge on any atom is -0.399 e. The summed E-state index contributed by atoms with van der Waals surface area (Å²) in [6.07, 6.45) is 2.63. The minimum absolute atomic E-state index is 0.683. The van der Waals surface area contributed by atoms with E-state index in [1.165, 1.54) is 19.4 Å². The molecule has 1 saturated heterocycles. The number of nitrogens with two attached hydrogens (primary N) is 1. The molecule has 3 heteroatoms. The summed E-state index contributed by atoms with van der Waals surface area (Å²) in [6.45, 7) is 2.26. The Kier molecular flexibility index (Phi) is 3.11. The molecule has 0 amide bonds. The normalized spacial score (nSPS) is 21.8. The second kappa shape index (κ2) is 4.53.